The summed E-state index contributed by atoms with van der Waals surface area (Å²) < 4.78 is 2.43. The first-order chi connectivity index (χ1) is 7.16. The van der Waals surface area contributed by atoms with Crippen LogP contribution >= 0.6 is 27.3 Å². The third-order valence-corrected chi connectivity index (χ3v) is 3.81. The Morgan fingerprint density at radius 3 is 2.80 bits per heavy atom. The first-order valence-corrected chi connectivity index (χ1v) is 5.86. The number of hydrogen-bond acceptors (Lipinski definition) is 3. The van der Waals surface area contributed by atoms with Crippen molar-refractivity contribution in [1.29, 1.82) is 0 Å². The second-order valence-corrected chi connectivity index (χ2v) is 4.78. The number of aromatic amines is 1. The molecule has 0 unspecified atom stereocenters. The molecule has 0 aliphatic heterocycles. The summed E-state index contributed by atoms with van der Waals surface area (Å²) in [6, 6.07) is 3.26. The van der Waals surface area contributed by atoms with Gasteiger partial charge in [-0.1, -0.05) is 0 Å². The molecule has 0 saturated heterocycles. The molecule has 78 valence electrons. The number of H-pyrrole nitrogens is 1. The monoisotopic (exact) mass is 286 g/mol. The molecule has 2 aromatic heterocycles. The van der Waals surface area contributed by atoms with Crippen molar-refractivity contribution >= 4 is 27.3 Å². The summed E-state index contributed by atoms with van der Waals surface area (Å²) in [6.45, 7) is 0.466. The smallest absolute Gasteiger partial charge is 0.295 e. The topological polar surface area (TPSA) is 54.9 Å². The average Bonchev–Trinajstić information content (AvgIpc) is 2.57. The van der Waals surface area contributed by atoms with E-state index in [0.717, 1.165) is 9.35 Å². The standard InChI is InChI=1S/C9H7BrN2O2S/c10-6-2-4-15-7(6)5-12-3-1-8(13)11-9(12)14/h1-4H,5H2,(H,11,13,14). The second kappa shape index (κ2) is 4.16. The quantitative estimate of drug-likeness (QED) is 0.908. The van der Waals surface area contributed by atoms with Crippen molar-refractivity contribution in [2.75, 3.05) is 0 Å². The van der Waals surface area contributed by atoms with E-state index in [1.54, 1.807) is 11.3 Å². The Morgan fingerprint density at radius 2 is 2.20 bits per heavy atom. The number of thiophene rings is 1. The van der Waals surface area contributed by atoms with Crippen LogP contribution in [0.15, 0.2) is 37.8 Å². The van der Waals surface area contributed by atoms with E-state index in [4.69, 9.17) is 0 Å². The summed E-state index contributed by atoms with van der Waals surface area (Å²) in [4.78, 5) is 25.5. The van der Waals surface area contributed by atoms with Crippen LogP contribution in [-0.2, 0) is 6.54 Å². The molecule has 0 amide bonds. The zero-order chi connectivity index (χ0) is 10.8. The van der Waals surface area contributed by atoms with Crippen molar-refractivity contribution < 1.29 is 0 Å². The first kappa shape index (κ1) is 10.4. The van der Waals surface area contributed by atoms with E-state index in [-0.39, 0.29) is 11.2 Å². The van der Waals surface area contributed by atoms with Crippen LogP contribution in [0.3, 0.4) is 0 Å². The van der Waals surface area contributed by atoms with Crippen molar-refractivity contribution in [3.8, 4) is 0 Å². The zero-order valence-electron chi connectivity index (χ0n) is 7.57. The second-order valence-electron chi connectivity index (χ2n) is 2.93. The normalized spacial score (nSPS) is 10.5. The fourth-order valence-electron chi connectivity index (χ4n) is 1.16. The van der Waals surface area contributed by atoms with Gasteiger partial charge >= 0.3 is 5.69 Å². The molecule has 0 spiro atoms. The summed E-state index contributed by atoms with van der Waals surface area (Å²) in [5.74, 6) is 0. The number of hydrogen-bond donors (Lipinski definition) is 1. The highest BCUT2D eigenvalue weighted by Crippen LogP contribution is 2.22. The van der Waals surface area contributed by atoms with E-state index in [1.165, 1.54) is 16.8 Å². The summed E-state index contributed by atoms with van der Waals surface area (Å²) in [5, 5.41) is 1.94. The third kappa shape index (κ3) is 2.27. The van der Waals surface area contributed by atoms with Gasteiger partial charge in [-0.2, -0.15) is 0 Å². The Hall–Kier alpha value is -1.14. The molecule has 0 radical (unpaired) electrons. The minimum absolute atomic E-state index is 0.374. The first-order valence-electron chi connectivity index (χ1n) is 4.18. The minimum atomic E-state index is -0.386. The number of nitrogens with zero attached hydrogens (tertiary/aromatic N) is 1. The van der Waals surface area contributed by atoms with Crippen LogP contribution in [0.5, 0.6) is 0 Å². The molecular weight excluding hydrogens is 280 g/mol. The predicted octanol–water partition coefficient (Wildman–Crippen LogP) is 1.41. The Labute approximate surface area is 97.3 Å². The van der Waals surface area contributed by atoms with Gasteiger partial charge in [-0.05, 0) is 27.4 Å². The number of aromatic nitrogens is 2. The molecule has 2 rings (SSSR count). The maximum atomic E-state index is 11.4. The fourth-order valence-corrected chi connectivity index (χ4v) is 2.64. The van der Waals surface area contributed by atoms with Gasteiger partial charge in [0.05, 0.1) is 6.54 Å². The molecule has 4 nitrogen and oxygen atoms in total. The molecule has 0 aliphatic carbocycles. The van der Waals surface area contributed by atoms with Crippen LogP contribution in [0.2, 0.25) is 0 Å². The highest BCUT2D eigenvalue weighted by molar-refractivity contribution is 9.10. The SMILES string of the molecule is O=c1ccn(Cc2sccc2Br)c(=O)[nH]1. The van der Waals surface area contributed by atoms with Gasteiger partial charge in [0.15, 0.2) is 0 Å². The predicted molar refractivity (Wildman–Crippen MR) is 62.4 cm³/mol. The highest BCUT2D eigenvalue weighted by atomic mass is 79.9. The van der Waals surface area contributed by atoms with Crippen LogP contribution in [0.1, 0.15) is 4.88 Å². The Kier molecular flexibility index (Phi) is 2.88. The van der Waals surface area contributed by atoms with E-state index in [9.17, 15) is 9.59 Å². The van der Waals surface area contributed by atoms with Crippen molar-refractivity contribution in [3.63, 3.8) is 0 Å². The van der Waals surface area contributed by atoms with Crippen molar-refractivity contribution in [3.05, 3.63) is 53.9 Å². The van der Waals surface area contributed by atoms with Gasteiger partial charge in [0.1, 0.15) is 0 Å². The van der Waals surface area contributed by atoms with E-state index in [0.29, 0.717) is 6.54 Å². The van der Waals surface area contributed by atoms with Gasteiger partial charge in [0, 0.05) is 21.6 Å². The third-order valence-electron chi connectivity index (χ3n) is 1.90. The molecule has 0 saturated carbocycles. The van der Waals surface area contributed by atoms with Gasteiger partial charge in [0.2, 0.25) is 0 Å². The van der Waals surface area contributed by atoms with E-state index in [1.807, 2.05) is 11.4 Å². The van der Waals surface area contributed by atoms with Crippen LogP contribution in [0, 0.1) is 0 Å². The maximum Gasteiger partial charge on any atom is 0.328 e. The summed E-state index contributed by atoms with van der Waals surface area (Å²) in [5.41, 5.74) is -0.760. The molecular formula is C9H7BrN2O2S. The van der Waals surface area contributed by atoms with Gasteiger partial charge < -0.3 is 0 Å². The lowest BCUT2D eigenvalue weighted by Crippen LogP contribution is -2.28. The molecule has 0 aliphatic rings. The van der Waals surface area contributed by atoms with E-state index in [2.05, 4.69) is 20.9 Å². The average molecular weight is 287 g/mol. The number of nitrogens with one attached hydrogen (secondary N) is 1. The molecule has 2 aromatic rings. The number of rotatable bonds is 2. The van der Waals surface area contributed by atoms with Gasteiger partial charge in [-0.15, -0.1) is 11.3 Å². The molecule has 15 heavy (non-hydrogen) atoms. The molecule has 0 aromatic carbocycles. The largest absolute Gasteiger partial charge is 0.328 e. The van der Waals surface area contributed by atoms with Crippen molar-refractivity contribution in [1.82, 2.24) is 9.55 Å². The van der Waals surface area contributed by atoms with Gasteiger partial charge in [0.25, 0.3) is 5.56 Å². The van der Waals surface area contributed by atoms with Crippen LogP contribution in [0.4, 0.5) is 0 Å². The van der Waals surface area contributed by atoms with Crippen LogP contribution in [0.25, 0.3) is 0 Å². The van der Waals surface area contributed by atoms with Crippen LogP contribution < -0.4 is 11.2 Å². The van der Waals surface area contributed by atoms with Gasteiger partial charge in [-0.25, -0.2) is 4.79 Å². The lowest BCUT2D eigenvalue weighted by molar-refractivity contribution is 0.727. The molecule has 1 N–H and O–H groups in total. The Balaban J connectivity index is 2.37. The lowest BCUT2D eigenvalue weighted by atomic mass is 10.4. The summed E-state index contributed by atoms with van der Waals surface area (Å²) in [7, 11) is 0. The fraction of sp³-hybridized carbons (Fsp3) is 0.111. The van der Waals surface area contributed by atoms with Gasteiger partial charge in [-0.3, -0.25) is 14.3 Å². The highest BCUT2D eigenvalue weighted by Gasteiger charge is 2.03. The summed E-state index contributed by atoms with van der Waals surface area (Å²) >= 11 is 4.94. The lowest BCUT2D eigenvalue weighted by Gasteiger charge is -2.02. The molecule has 6 heteroatoms. The Morgan fingerprint density at radius 1 is 1.40 bits per heavy atom. The maximum absolute atomic E-state index is 11.4. The van der Waals surface area contributed by atoms with E-state index < -0.39 is 0 Å². The van der Waals surface area contributed by atoms with Crippen molar-refractivity contribution in [2.45, 2.75) is 6.54 Å². The molecule has 2 heterocycles. The van der Waals surface area contributed by atoms with Crippen molar-refractivity contribution in [2.24, 2.45) is 0 Å². The molecule has 0 bridgehead atoms. The Bertz CT molecular complexity index is 584. The molecule has 0 fully saturated rings. The van der Waals surface area contributed by atoms with Crippen LogP contribution in [-0.4, -0.2) is 9.55 Å². The van der Waals surface area contributed by atoms with E-state index >= 15 is 0 Å². The minimum Gasteiger partial charge on any atom is -0.295 e. The molecule has 0 atom stereocenters. The zero-order valence-corrected chi connectivity index (χ0v) is 9.97. The summed E-state index contributed by atoms with van der Waals surface area (Å²) in [6.07, 6.45) is 1.49. The number of halogens is 1.